The van der Waals surface area contributed by atoms with Crippen LogP contribution in [0, 0.1) is 6.92 Å². The summed E-state index contributed by atoms with van der Waals surface area (Å²) in [6.45, 7) is 8.27. The Kier molecular flexibility index (Phi) is 4.58. The van der Waals surface area contributed by atoms with Gasteiger partial charge < -0.3 is 10.2 Å². The second kappa shape index (κ2) is 6.19. The van der Waals surface area contributed by atoms with E-state index in [2.05, 4.69) is 54.1 Å². The number of fused-ring (bicyclic) bond motifs is 1. The molecule has 0 unspecified atom stereocenters. The minimum absolute atomic E-state index is 0.732. The molecule has 19 heavy (non-hydrogen) atoms. The molecular weight excluding hydrogens is 256 g/mol. The predicted octanol–water partition coefficient (Wildman–Crippen LogP) is 3.67. The Balaban J connectivity index is 2.43. The molecule has 0 aliphatic carbocycles. The van der Waals surface area contributed by atoms with Crippen LogP contribution in [0.25, 0.3) is 10.2 Å². The number of aromatic nitrogens is 2. The smallest absolute Gasteiger partial charge is 0.226 e. The molecule has 0 amide bonds. The van der Waals surface area contributed by atoms with E-state index < -0.39 is 0 Å². The lowest BCUT2D eigenvalue weighted by Gasteiger charge is -2.19. The van der Waals surface area contributed by atoms with Gasteiger partial charge in [-0.15, -0.1) is 11.3 Å². The zero-order valence-electron chi connectivity index (χ0n) is 12.2. The minimum Gasteiger partial charge on any atom is -0.359 e. The van der Waals surface area contributed by atoms with Crippen molar-refractivity contribution in [3.63, 3.8) is 0 Å². The first-order valence-electron chi connectivity index (χ1n) is 6.88. The molecular formula is C14H22N4S. The highest BCUT2D eigenvalue weighted by molar-refractivity contribution is 7.18. The summed E-state index contributed by atoms with van der Waals surface area (Å²) >= 11 is 1.73. The molecule has 2 heterocycles. The average molecular weight is 278 g/mol. The summed E-state index contributed by atoms with van der Waals surface area (Å²) in [7, 11) is 2.11. The van der Waals surface area contributed by atoms with Crippen LogP contribution in [-0.2, 0) is 0 Å². The van der Waals surface area contributed by atoms with Gasteiger partial charge in [0.25, 0.3) is 0 Å². The van der Waals surface area contributed by atoms with Gasteiger partial charge in [0, 0.05) is 25.0 Å². The molecule has 0 fully saturated rings. The van der Waals surface area contributed by atoms with E-state index in [9.17, 15) is 0 Å². The van der Waals surface area contributed by atoms with E-state index in [1.807, 2.05) is 0 Å². The number of nitrogens with one attached hydrogen (secondary N) is 1. The number of anilines is 2. The molecule has 0 saturated carbocycles. The fraction of sp³-hybridized carbons (Fsp3) is 0.571. The molecule has 0 saturated heterocycles. The third-order valence-electron chi connectivity index (χ3n) is 3.04. The Bertz CT molecular complexity index is 550. The topological polar surface area (TPSA) is 41.1 Å². The summed E-state index contributed by atoms with van der Waals surface area (Å²) in [5.74, 6) is 1.77. The van der Waals surface area contributed by atoms with Gasteiger partial charge >= 0.3 is 0 Å². The van der Waals surface area contributed by atoms with Crippen LogP contribution in [0.2, 0.25) is 0 Å². The second-order valence-electron chi connectivity index (χ2n) is 4.75. The molecule has 104 valence electrons. The average Bonchev–Trinajstić information content (AvgIpc) is 2.75. The molecule has 0 aliphatic heterocycles. The number of thiophene rings is 1. The SMILES string of the molecule is CCCCN(C)c1nc(NCC)nc2sc(C)cc12. The van der Waals surface area contributed by atoms with Crippen molar-refractivity contribution in [2.45, 2.75) is 33.6 Å². The first kappa shape index (κ1) is 14.1. The fourth-order valence-corrected chi connectivity index (χ4v) is 2.93. The maximum atomic E-state index is 4.67. The minimum atomic E-state index is 0.732. The Morgan fingerprint density at radius 2 is 2.11 bits per heavy atom. The zero-order valence-corrected chi connectivity index (χ0v) is 13.0. The van der Waals surface area contributed by atoms with Crippen LogP contribution < -0.4 is 10.2 Å². The number of hydrogen-bond donors (Lipinski definition) is 1. The van der Waals surface area contributed by atoms with E-state index in [0.29, 0.717) is 0 Å². The molecule has 5 heteroatoms. The third-order valence-corrected chi connectivity index (χ3v) is 3.98. The van der Waals surface area contributed by atoms with Gasteiger partial charge in [0.15, 0.2) is 0 Å². The fourth-order valence-electron chi connectivity index (χ4n) is 2.06. The van der Waals surface area contributed by atoms with Crippen molar-refractivity contribution in [2.75, 3.05) is 30.4 Å². The molecule has 0 aliphatic rings. The van der Waals surface area contributed by atoms with Gasteiger partial charge in [-0.2, -0.15) is 4.98 Å². The Morgan fingerprint density at radius 3 is 2.79 bits per heavy atom. The lowest BCUT2D eigenvalue weighted by molar-refractivity contribution is 0.761. The van der Waals surface area contributed by atoms with Crippen molar-refractivity contribution in [1.29, 1.82) is 0 Å². The second-order valence-corrected chi connectivity index (χ2v) is 5.99. The van der Waals surface area contributed by atoms with Gasteiger partial charge in [-0.05, 0) is 26.3 Å². The van der Waals surface area contributed by atoms with Crippen LogP contribution in [0.1, 0.15) is 31.6 Å². The highest BCUT2D eigenvalue weighted by Gasteiger charge is 2.13. The predicted molar refractivity (Wildman–Crippen MR) is 84.5 cm³/mol. The number of aryl methyl sites for hydroxylation is 1. The van der Waals surface area contributed by atoms with Gasteiger partial charge in [-0.1, -0.05) is 13.3 Å². The highest BCUT2D eigenvalue weighted by Crippen LogP contribution is 2.31. The molecule has 0 radical (unpaired) electrons. The Labute approximate surface area is 118 Å². The van der Waals surface area contributed by atoms with Crippen molar-refractivity contribution in [1.82, 2.24) is 9.97 Å². The van der Waals surface area contributed by atoms with Crippen LogP contribution >= 0.6 is 11.3 Å². The van der Waals surface area contributed by atoms with Gasteiger partial charge in [-0.25, -0.2) is 4.98 Å². The Morgan fingerprint density at radius 1 is 1.32 bits per heavy atom. The van der Waals surface area contributed by atoms with Crippen LogP contribution in [0.15, 0.2) is 6.07 Å². The van der Waals surface area contributed by atoms with Crippen molar-refractivity contribution < 1.29 is 0 Å². The van der Waals surface area contributed by atoms with Crippen LogP contribution in [0.5, 0.6) is 0 Å². The third kappa shape index (κ3) is 3.15. The van der Waals surface area contributed by atoms with E-state index in [1.54, 1.807) is 11.3 Å². The summed E-state index contributed by atoms with van der Waals surface area (Å²) in [6, 6.07) is 2.19. The number of rotatable bonds is 6. The van der Waals surface area contributed by atoms with Gasteiger partial charge in [0.05, 0.1) is 5.39 Å². The van der Waals surface area contributed by atoms with Crippen LogP contribution in [0.3, 0.4) is 0 Å². The Hall–Kier alpha value is -1.36. The molecule has 0 atom stereocenters. The van der Waals surface area contributed by atoms with Gasteiger partial charge in [-0.3, -0.25) is 0 Å². The van der Waals surface area contributed by atoms with E-state index >= 15 is 0 Å². The summed E-state index contributed by atoms with van der Waals surface area (Å²) in [4.78, 5) is 13.8. The lowest BCUT2D eigenvalue weighted by Crippen LogP contribution is -2.20. The summed E-state index contributed by atoms with van der Waals surface area (Å²) in [5, 5.41) is 4.39. The van der Waals surface area contributed by atoms with E-state index in [-0.39, 0.29) is 0 Å². The maximum Gasteiger partial charge on any atom is 0.226 e. The summed E-state index contributed by atoms with van der Waals surface area (Å²) < 4.78 is 0. The molecule has 2 rings (SSSR count). The molecule has 0 spiro atoms. The monoisotopic (exact) mass is 278 g/mol. The van der Waals surface area contributed by atoms with Crippen molar-refractivity contribution in [2.24, 2.45) is 0 Å². The van der Waals surface area contributed by atoms with Gasteiger partial charge in [0.1, 0.15) is 10.6 Å². The summed E-state index contributed by atoms with van der Waals surface area (Å²) in [5.41, 5.74) is 0. The largest absolute Gasteiger partial charge is 0.359 e. The highest BCUT2D eigenvalue weighted by atomic mass is 32.1. The number of nitrogens with zero attached hydrogens (tertiary/aromatic N) is 3. The van der Waals surface area contributed by atoms with Crippen molar-refractivity contribution in [3.8, 4) is 0 Å². The van der Waals surface area contributed by atoms with Gasteiger partial charge in [0.2, 0.25) is 5.95 Å². The lowest BCUT2D eigenvalue weighted by atomic mass is 10.3. The molecule has 0 bridgehead atoms. The zero-order chi connectivity index (χ0) is 13.8. The normalized spacial score (nSPS) is 10.9. The van der Waals surface area contributed by atoms with Crippen molar-refractivity contribution >= 4 is 33.3 Å². The van der Waals surface area contributed by atoms with E-state index in [1.165, 1.54) is 23.1 Å². The molecule has 0 aromatic carbocycles. The quantitative estimate of drug-likeness (QED) is 0.875. The molecule has 2 aromatic rings. The number of hydrogen-bond acceptors (Lipinski definition) is 5. The molecule has 1 N–H and O–H groups in total. The number of unbranched alkanes of at least 4 members (excludes halogenated alkanes) is 1. The van der Waals surface area contributed by atoms with Crippen LogP contribution in [-0.4, -0.2) is 30.1 Å². The maximum absolute atomic E-state index is 4.67. The standard InChI is InChI=1S/C14H22N4S/c1-5-7-8-18(4)12-11-9-10(3)19-13(11)17-14(16-12)15-6-2/h9H,5-8H2,1-4H3,(H,15,16,17). The molecule has 2 aromatic heterocycles. The van der Waals surface area contributed by atoms with E-state index in [4.69, 9.17) is 0 Å². The van der Waals surface area contributed by atoms with Crippen molar-refractivity contribution in [3.05, 3.63) is 10.9 Å². The first-order valence-corrected chi connectivity index (χ1v) is 7.70. The van der Waals surface area contributed by atoms with Crippen LogP contribution in [0.4, 0.5) is 11.8 Å². The first-order chi connectivity index (χ1) is 9.15. The molecule has 4 nitrogen and oxygen atoms in total. The van der Waals surface area contributed by atoms with E-state index in [0.717, 1.165) is 29.7 Å². The summed E-state index contributed by atoms with van der Waals surface area (Å²) in [6.07, 6.45) is 2.38.